The van der Waals surface area contributed by atoms with Gasteiger partial charge < -0.3 is 9.64 Å². The summed E-state index contributed by atoms with van der Waals surface area (Å²) in [6.45, 7) is 4.39. The molecule has 0 spiro atoms. The maximum Gasteiger partial charge on any atom is 0.292 e. The van der Waals surface area contributed by atoms with Crippen molar-refractivity contribution in [3.05, 3.63) is 51.9 Å². The summed E-state index contributed by atoms with van der Waals surface area (Å²) in [4.78, 5) is 14.6. The monoisotopic (exact) mass is 333 g/mol. The van der Waals surface area contributed by atoms with E-state index in [-0.39, 0.29) is 10.6 Å². The molecule has 1 saturated heterocycles. The Hall–Kier alpha value is -1.85. The van der Waals surface area contributed by atoms with Gasteiger partial charge in [-0.3, -0.25) is 4.79 Å². The lowest BCUT2D eigenvalue weighted by Gasteiger charge is -2.33. The van der Waals surface area contributed by atoms with Gasteiger partial charge in [-0.1, -0.05) is 29.8 Å². The van der Waals surface area contributed by atoms with Crippen LogP contribution in [0.15, 0.2) is 41.3 Å². The molecular weight excluding hydrogens is 314 g/mol. The Morgan fingerprint density at radius 1 is 1.26 bits per heavy atom. The van der Waals surface area contributed by atoms with Crippen LogP contribution in [0.5, 0.6) is 0 Å². The third-order valence-electron chi connectivity index (χ3n) is 4.09. The van der Waals surface area contributed by atoms with Crippen LogP contribution < -0.4 is 10.5 Å². The molecule has 1 aromatic heterocycles. The van der Waals surface area contributed by atoms with Crippen LogP contribution in [0.4, 0.5) is 5.69 Å². The number of benzene rings is 1. The third-order valence-corrected chi connectivity index (χ3v) is 4.44. The topological polar surface area (TPSA) is 47.4 Å². The number of ether oxygens (including phenoxy) is 1. The van der Waals surface area contributed by atoms with Crippen molar-refractivity contribution < 1.29 is 4.74 Å². The van der Waals surface area contributed by atoms with Gasteiger partial charge in [-0.2, -0.15) is 9.78 Å². The average molecular weight is 334 g/mol. The highest BCUT2D eigenvalue weighted by atomic mass is 35.5. The number of halogens is 1. The fraction of sp³-hybridized carbons (Fsp3) is 0.412. The number of anilines is 1. The van der Waals surface area contributed by atoms with Crippen LogP contribution >= 0.6 is 11.6 Å². The smallest absolute Gasteiger partial charge is 0.292 e. The van der Waals surface area contributed by atoms with Crippen molar-refractivity contribution in [3.8, 4) is 5.69 Å². The van der Waals surface area contributed by atoms with Gasteiger partial charge in [0.15, 0.2) is 0 Å². The Kier molecular flexibility index (Phi) is 4.98. The van der Waals surface area contributed by atoms with E-state index in [1.807, 2.05) is 37.3 Å². The fourth-order valence-electron chi connectivity index (χ4n) is 2.90. The first kappa shape index (κ1) is 16.0. The van der Waals surface area contributed by atoms with Crippen molar-refractivity contribution in [1.82, 2.24) is 9.78 Å². The van der Waals surface area contributed by atoms with Crippen molar-refractivity contribution in [2.45, 2.75) is 25.9 Å². The minimum absolute atomic E-state index is 0.221. The summed E-state index contributed by atoms with van der Waals surface area (Å²) in [6, 6.07) is 9.29. The number of piperidine rings is 1. The number of rotatable bonds is 4. The third kappa shape index (κ3) is 3.41. The molecule has 2 aromatic rings. The highest BCUT2D eigenvalue weighted by Crippen LogP contribution is 2.25. The van der Waals surface area contributed by atoms with Gasteiger partial charge in [0.25, 0.3) is 5.56 Å². The quantitative estimate of drug-likeness (QED) is 0.863. The van der Waals surface area contributed by atoms with E-state index in [0.717, 1.165) is 32.5 Å². The molecule has 1 aliphatic rings. The molecule has 122 valence electrons. The number of hydrogen-bond donors (Lipinski definition) is 0. The number of nitrogens with zero attached hydrogens (tertiary/aromatic N) is 3. The second-order valence-electron chi connectivity index (χ2n) is 5.54. The largest absolute Gasteiger partial charge is 0.378 e. The molecule has 23 heavy (non-hydrogen) atoms. The molecule has 1 fully saturated rings. The Bertz CT molecular complexity index is 710. The molecule has 3 rings (SSSR count). The summed E-state index contributed by atoms with van der Waals surface area (Å²) >= 11 is 6.33. The Labute approximate surface area is 140 Å². The van der Waals surface area contributed by atoms with Gasteiger partial charge in [-0.25, -0.2) is 0 Å². The van der Waals surface area contributed by atoms with Gasteiger partial charge >= 0.3 is 0 Å². The zero-order valence-corrected chi connectivity index (χ0v) is 13.9. The van der Waals surface area contributed by atoms with Crippen molar-refractivity contribution in [1.29, 1.82) is 0 Å². The molecule has 0 radical (unpaired) electrons. The van der Waals surface area contributed by atoms with Crippen LogP contribution in [-0.4, -0.2) is 35.6 Å². The minimum Gasteiger partial charge on any atom is -0.378 e. The standard InChI is InChI=1S/C17H20ClN3O2/c1-2-23-14-8-10-20(11-9-14)15-12-19-21(17(22)16(15)18)13-6-4-3-5-7-13/h3-7,12,14H,2,8-11H2,1H3. The summed E-state index contributed by atoms with van der Waals surface area (Å²) in [6.07, 6.45) is 3.85. The van der Waals surface area contributed by atoms with E-state index in [1.54, 1.807) is 6.20 Å². The maximum atomic E-state index is 12.5. The molecule has 2 heterocycles. The van der Waals surface area contributed by atoms with Gasteiger partial charge in [-0.15, -0.1) is 0 Å². The van der Waals surface area contributed by atoms with Gasteiger partial charge in [0.05, 0.1) is 23.7 Å². The van der Waals surface area contributed by atoms with Crippen LogP contribution in [0.2, 0.25) is 5.02 Å². The molecule has 0 bridgehead atoms. The normalized spacial score (nSPS) is 15.8. The second-order valence-corrected chi connectivity index (χ2v) is 5.92. The molecule has 0 N–H and O–H groups in total. The molecule has 6 heteroatoms. The minimum atomic E-state index is -0.290. The molecule has 5 nitrogen and oxygen atoms in total. The van der Waals surface area contributed by atoms with Crippen LogP contribution in [0.25, 0.3) is 5.69 Å². The van der Waals surface area contributed by atoms with Gasteiger partial charge in [0.2, 0.25) is 0 Å². The summed E-state index contributed by atoms with van der Waals surface area (Å²) in [7, 11) is 0. The molecule has 0 unspecified atom stereocenters. The van der Waals surface area contributed by atoms with Gasteiger partial charge in [-0.05, 0) is 31.9 Å². The van der Waals surface area contributed by atoms with Crippen molar-refractivity contribution >= 4 is 17.3 Å². The lowest BCUT2D eigenvalue weighted by Crippen LogP contribution is -2.38. The SMILES string of the molecule is CCOC1CCN(c2cnn(-c3ccccc3)c(=O)c2Cl)CC1. The van der Waals surface area contributed by atoms with Gasteiger partial charge in [0.1, 0.15) is 5.02 Å². The summed E-state index contributed by atoms with van der Waals surface area (Å²) in [5, 5.41) is 4.51. The molecule has 1 aliphatic heterocycles. The number of hydrogen-bond acceptors (Lipinski definition) is 4. The number of aromatic nitrogens is 2. The summed E-state index contributed by atoms with van der Waals surface area (Å²) in [5.74, 6) is 0. The highest BCUT2D eigenvalue weighted by Gasteiger charge is 2.23. The molecule has 0 saturated carbocycles. The van der Waals surface area contributed by atoms with Crippen LogP contribution in [-0.2, 0) is 4.74 Å². The lowest BCUT2D eigenvalue weighted by atomic mass is 10.1. The first-order chi connectivity index (χ1) is 11.2. The molecule has 0 atom stereocenters. The van der Waals surface area contributed by atoms with E-state index < -0.39 is 0 Å². The molecular formula is C17H20ClN3O2. The van der Waals surface area contributed by atoms with Crippen LogP contribution in [0, 0.1) is 0 Å². The predicted octanol–water partition coefficient (Wildman–Crippen LogP) is 2.89. The van der Waals surface area contributed by atoms with Crippen molar-refractivity contribution in [2.75, 3.05) is 24.6 Å². The highest BCUT2D eigenvalue weighted by molar-refractivity contribution is 6.33. The van der Waals surface area contributed by atoms with E-state index in [0.29, 0.717) is 17.5 Å². The lowest BCUT2D eigenvalue weighted by molar-refractivity contribution is 0.0459. The Balaban J connectivity index is 1.83. The van der Waals surface area contributed by atoms with Crippen LogP contribution in [0.3, 0.4) is 0 Å². The second kappa shape index (κ2) is 7.15. The molecule has 1 aromatic carbocycles. The van der Waals surface area contributed by atoms with Crippen LogP contribution in [0.1, 0.15) is 19.8 Å². The van der Waals surface area contributed by atoms with E-state index in [1.165, 1.54) is 4.68 Å². The van der Waals surface area contributed by atoms with Gasteiger partial charge in [0, 0.05) is 19.7 Å². The Morgan fingerprint density at radius 2 is 1.96 bits per heavy atom. The molecule has 0 aliphatic carbocycles. The maximum absolute atomic E-state index is 12.5. The zero-order valence-electron chi connectivity index (χ0n) is 13.1. The first-order valence-electron chi connectivity index (χ1n) is 7.90. The van der Waals surface area contributed by atoms with E-state index in [9.17, 15) is 4.79 Å². The molecule has 0 amide bonds. The van der Waals surface area contributed by atoms with E-state index >= 15 is 0 Å². The van der Waals surface area contributed by atoms with Crippen molar-refractivity contribution in [2.24, 2.45) is 0 Å². The summed E-state index contributed by atoms with van der Waals surface area (Å²) < 4.78 is 6.99. The first-order valence-corrected chi connectivity index (χ1v) is 8.28. The zero-order chi connectivity index (χ0) is 16.2. The fourth-order valence-corrected chi connectivity index (χ4v) is 3.15. The van der Waals surface area contributed by atoms with E-state index in [4.69, 9.17) is 16.3 Å². The Morgan fingerprint density at radius 3 is 2.61 bits per heavy atom. The van der Waals surface area contributed by atoms with E-state index in [2.05, 4.69) is 10.00 Å². The van der Waals surface area contributed by atoms with Crippen molar-refractivity contribution in [3.63, 3.8) is 0 Å². The summed E-state index contributed by atoms with van der Waals surface area (Å²) in [5.41, 5.74) is 1.13. The average Bonchev–Trinajstić information content (AvgIpc) is 2.59. The predicted molar refractivity (Wildman–Crippen MR) is 91.7 cm³/mol. The number of para-hydroxylation sites is 1.